The quantitative estimate of drug-likeness (QED) is 0.605. The fourth-order valence-corrected chi connectivity index (χ4v) is 1.90. The highest BCUT2D eigenvalue weighted by atomic mass is 35.5. The smallest absolute Gasteiger partial charge is 0.316 e. The van der Waals surface area contributed by atoms with Gasteiger partial charge in [0.1, 0.15) is 0 Å². The van der Waals surface area contributed by atoms with Crippen molar-refractivity contribution in [2.24, 2.45) is 17.8 Å². The van der Waals surface area contributed by atoms with Crippen LogP contribution in [-0.2, 0) is 0 Å². The zero-order chi connectivity index (χ0) is 7.35. The predicted octanol–water partition coefficient (Wildman–Crippen LogP) is 1.44. The predicted molar refractivity (Wildman–Crippen MR) is 36.6 cm³/mol. The highest BCUT2D eigenvalue weighted by molar-refractivity contribution is 5.85. The van der Waals surface area contributed by atoms with Crippen molar-refractivity contribution in [3.05, 3.63) is 0 Å². The van der Waals surface area contributed by atoms with Crippen LogP contribution < -0.4 is 5.32 Å². The summed E-state index contributed by atoms with van der Waals surface area (Å²) < 4.78 is 35.8. The maximum atomic E-state index is 11.9. The molecule has 1 saturated heterocycles. The molecule has 0 aromatic carbocycles. The third kappa shape index (κ3) is 1.34. The van der Waals surface area contributed by atoms with Gasteiger partial charge in [-0.1, -0.05) is 0 Å². The van der Waals surface area contributed by atoms with Crippen LogP contribution in [0.2, 0.25) is 0 Å². The average Bonchev–Trinajstić information content (AvgIpc) is 2.30. The van der Waals surface area contributed by atoms with E-state index in [-0.39, 0.29) is 24.2 Å². The van der Waals surface area contributed by atoms with Gasteiger partial charge in [-0.2, -0.15) is 13.2 Å². The minimum Gasteiger partial charge on any atom is -0.316 e. The number of nitrogens with one attached hydrogen (secondary N) is 1. The number of hydrogen-bond acceptors (Lipinski definition) is 1. The Bertz CT molecular complexity index is 148. The van der Waals surface area contributed by atoms with Crippen molar-refractivity contribution in [2.45, 2.75) is 6.18 Å². The molecule has 0 bridgehead atoms. The maximum Gasteiger partial charge on any atom is 0.392 e. The van der Waals surface area contributed by atoms with E-state index in [1.807, 2.05) is 0 Å². The molecule has 11 heavy (non-hydrogen) atoms. The zero-order valence-corrected chi connectivity index (χ0v) is 6.50. The van der Waals surface area contributed by atoms with Crippen LogP contribution in [0.4, 0.5) is 13.2 Å². The summed E-state index contributed by atoms with van der Waals surface area (Å²) in [5.41, 5.74) is 0. The Morgan fingerprint density at radius 2 is 1.55 bits per heavy atom. The van der Waals surface area contributed by atoms with Crippen molar-refractivity contribution in [1.82, 2.24) is 5.32 Å². The van der Waals surface area contributed by atoms with Gasteiger partial charge in [-0.05, 0) is 24.9 Å². The van der Waals surface area contributed by atoms with E-state index in [1.165, 1.54) is 0 Å². The maximum absolute atomic E-state index is 11.9. The van der Waals surface area contributed by atoms with Crippen molar-refractivity contribution < 1.29 is 13.2 Å². The molecule has 1 saturated carbocycles. The summed E-state index contributed by atoms with van der Waals surface area (Å²) >= 11 is 0. The molecular weight excluding hydrogens is 179 g/mol. The third-order valence-corrected chi connectivity index (χ3v) is 2.47. The molecule has 66 valence electrons. The normalized spacial score (nSPS) is 41.2. The fraction of sp³-hybridized carbons (Fsp3) is 1.00. The van der Waals surface area contributed by atoms with Crippen molar-refractivity contribution in [3.8, 4) is 0 Å². The van der Waals surface area contributed by atoms with Crippen LogP contribution in [0.3, 0.4) is 0 Å². The summed E-state index contributed by atoms with van der Waals surface area (Å²) in [7, 11) is 0. The van der Waals surface area contributed by atoms with Gasteiger partial charge in [0, 0.05) is 0 Å². The van der Waals surface area contributed by atoms with E-state index in [2.05, 4.69) is 5.32 Å². The van der Waals surface area contributed by atoms with Gasteiger partial charge < -0.3 is 5.32 Å². The van der Waals surface area contributed by atoms with E-state index >= 15 is 0 Å². The van der Waals surface area contributed by atoms with Gasteiger partial charge >= 0.3 is 6.18 Å². The lowest BCUT2D eigenvalue weighted by Gasteiger charge is -2.07. The molecular formula is C6H9ClF3N. The number of hydrogen-bond donors (Lipinski definition) is 1. The molecule has 1 aliphatic carbocycles. The van der Waals surface area contributed by atoms with E-state index in [1.54, 1.807) is 0 Å². The van der Waals surface area contributed by atoms with Gasteiger partial charge in [-0.15, -0.1) is 12.4 Å². The standard InChI is InChI=1S/C6H8F3N.ClH/c7-6(8,9)5-3-1-10-2-4(3)5;/h3-5,10H,1-2H2;1H/t3-,4-;/m0./s1. The van der Waals surface area contributed by atoms with Gasteiger partial charge in [-0.3, -0.25) is 0 Å². The molecule has 1 aliphatic heterocycles. The van der Waals surface area contributed by atoms with E-state index < -0.39 is 12.1 Å². The highest BCUT2D eigenvalue weighted by Crippen LogP contribution is 2.56. The highest BCUT2D eigenvalue weighted by Gasteiger charge is 2.65. The first-order chi connectivity index (χ1) is 4.61. The molecule has 2 aliphatic rings. The topological polar surface area (TPSA) is 12.0 Å². The Kier molecular flexibility index (Phi) is 2.09. The van der Waals surface area contributed by atoms with Crippen LogP contribution in [0, 0.1) is 17.8 Å². The molecule has 1 N–H and O–H groups in total. The molecule has 5 heteroatoms. The number of piperidine rings is 1. The van der Waals surface area contributed by atoms with Crippen LogP contribution in [-0.4, -0.2) is 19.3 Å². The van der Waals surface area contributed by atoms with E-state index in [0.717, 1.165) is 0 Å². The molecule has 0 spiro atoms. The second-order valence-corrected chi connectivity index (χ2v) is 3.05. The first kappa shape index (κ1) is 9.13. The number of rotatable bonds is 0. The minimum atomic E-state index is -3.93. The number of halogens is 4. The molecule has 2 fully saturated rings. The average molecular weight is 188 g/mol. The molecule has 2 atom stereocenters. The van der Waals surface area contributed by atoms with Crippen LogP contribution in [0.1, 0.15) is 0 Å². The Morgan fingerprint density at radius 1 is 1.09 bits per heavy atom. The van der Waals surface area contributed by atoms with Crippen molar-refractivity contribution in [2.75, 3.05) is 13.1 Å². The second kappa shape index (κ2) is 2.52. The van der Waals surface area contributed by atoms with Crippen LogP contribution in [0.25, 0.3) is 0 Å². The molecule has 1 nitrogen and oxygen atoms in total. The summed E-state index contributed by atoms with van der Waals surface area (Å²) in [4.78, 5) is 0. The van der Waals surface area contributed by atoms with Crippen molar-refractivity contribution >= 4 is 12.4 Å². The molecule has 0 aromatic rings. The first-order valence-electron chi connectivity index (χ1n) is 3.38. The Hall–Kier alpha value is 0.0400. The van der Waals surface area contributed by atoms with Crippen LogP contribution in [0.5, 0.6) is 0 Å². The van der Waals surface area contributed by atoms with Gasteiger partial charge in [0.25, 0.3) is 0 Å². The number of alkyl halides is 3. The SMILES string of the molecule is Cl.FC(F)(F)C1[C@H]2CNC[C@H]12. The summed E-state index contributed by atoms with van der Waals surface area (Å²) in [6, 6.07) is 0. The van der Waals surface area contributed by atoms with Gasteiger partial charge in [0.05, 0.1) is 5.92 Å². The van der Waals surface area contributed by atoms with E-state index in [9.17, 15) is 13.2 Å². The van der Waals surface area contributed by atoms with Gasteiger partial charge in [0.15, 0.2) is 0 Å². The first-order valence-corrected chi connectivity index (χ1v) is 3.38. The molecule has 0 aromatic heterocycles. The fourth-order valence-electron chi connectivity index (χ4n) is 1.90. The lowest BCUT2D eigenvalue weighted by molar-refractivity contribution is -0.154. The molecule has 0 amide bonds. The monoisotopic (exact) mass is 187 g/mol. The Morgan fingerprint density at radius 3 is 1.82 bits per heavy atom. The lowest BCUT2D eigenvalue weighted by Crippen LogP contribution is -2.23. The third-order valence-electron chi connectivity index (χ3n) is 2.47. The molecule has 0 unspecified atom stereocenters. The zero-order valence-electron chi connectivity index (χ0n) is 5.69. The second-order valence-electron chi connectivity index (χ2n) is 3.05. The lowest BCUT2D eigenvalue weighted by atomic mass is 10.3. The number of fused-ring (bicyclic) bond motifs is 1. The molecule has 2 rings (SSSR count). The summed E-state index contributed by atoms with van der Waals surface area (Å²) in [6.07, 6.45) is -3.93. The van der Waals surface area contributed by atoms with Crippen molar-refractivity contribution in [1.29, 1.82) is 0 Å². The summed E-state index contributed by atoms with van der Waals surface area (Å²) in [6.45, 7) is 1.13. The minimum absolute atomic E-state index is 0. The Labute approximate surface area is 68.8 Å². The molecule has 0 radical (unpaired) electrons. The van der Waals surface area contributed by atoms with E-state index in [0.29, 0.717) is 13.1 Å². The van der Waals surface area contributed by atoms with Gasteiger partial charge in [-0.25, -0.2) is 0 Å². The van der Waals surface area contributed by atoms with Gasteiger partial charge in [0.2, 0.25) is 0 Å². The van der Waals surface area contributed by atoms with E-state index in [4.69, 9.17) is 0 Å². The Balaban J connectivity index is 0.000000605. The summed E-state index contributed by atoms with van der Waals surface area (Å²) in [5, 5.41) is 2.92. The van der Waals surface area contributed by atoms with Crippen LogP contribution in [0.15, 0.2) is 0 Å². The summed E-state index contributed by atoms with van der Waals surface area (Å²) in [5.74, 6) is -1.17. The molecule has 1 heterocycles. The largest absolute Gasteiger partial charge is 0.392 e. The van der Waals surface area contributed by atoms with Crippen LogP contribution >= 0.6 is 12.4 Å². The van der Waals surface area contributed by atoms with Crippen molar-refractivity contribution in [3.63, 3.8) is 0 Å².